The fourth-order valence-corrected chi connectivity index (χ4v) is 2.84. The molecule has 22 heavy (non-hydrogen) atoms. The molecule has 0 radical (unpaired) electrons. The fourth-order valence-electron chi connectivity index (χ4n) is 2.15. The van der Waals surface area contributed by atoms with E-state index in [1.54, 1.807) is 17.4 Å². The highest BCUT2D eigenvalue weighted by Crippen LogP contribution is 2.22. The Hall–Kier alpha value is -2.44. The van der Waals surface area contributed by atoms with Gasteiger partial charge in [-0.1, -0.05) is 30.3 Å². The Morgan fingerprint density at radius 2 is 2.05 bits per heavy atom. The number of aliphatic hydroxyl groups excluding tert-OH is 1. The maximum atomic E-state index is 12.1. The zero-order valence-corrected chi connectivity index (χ0v) is 12.6. The van der Waals surface area contributed by atoms with E-state index in [-0.39, 0.29) is 12.5 Å². The SMILES string of the molecule is O=C(NCc1ccccc1CO)c1cc(-c2cccs2)[nH]n1. The van der Waals surface area contributed by atoms with Crippen molar-refractivity contribution in [3.8, 4) is 10.6 Å². The van der Waals surface area contributed by atoms with Crippen LogP contribution < -0.4 is 5.32 Å². The van der Waals surface area contributed by atoms with Crippen LogP contribution in [0.4, 0.5) is 0 Å². The number of hydrogen-bond donors (Lipinski definition) is 3. The Morgan fingerprint density at radius 1 is 1.23 bits per heavy atom. The minimum absolute atomic E-state index is 0.0447. The molecule has 0 atom stereocenters. The van der Waals surface area contributed by atoms with Crippen molar-refractivity contribution in [2.45, 2.75) is 13.2 Å². The number of nitrogens with zero attached hydrogens (tertiary/aromatic N) is 1. The molecule has 0 fully saturated rings. The van der Waals surface area contributed by atoms with Crippen molar-refractivity contribution in [1.29, 1.82) is 0 Å². The molecule has 1 aromatic carbocycles. The van der Waals surface area contributed by atoms with Crippen LogP contribution in [0.5, 0.6) is 0 Å². The fraction of sp³-hybridized carbons (Fsp3) is 0.125. The molecular weight excluding hydrogens is 298 g/mol. The number of aliphatic hydroxyl groups is 1. The van der Waals surface area contributed by atoms with E-state index in [2.05, 4.69) is 15.5 Å². The average molecular weight is 313 g/mol. The maximum absolute atomic E-state index is 12.1. The molecule has 0 saturated heterocycles. The second-order valence-electron chi connectivity index (χ2n) is 4.75. The minimum Gasteiger partial charge on any atom is -0.392 e. The summed E-state index contributed by atoms with van der Waals surface area (Å²) in [7, 11) is 0. The Balaban J connectivity index is 1.67. The second kappa shape index (κ2) is 6.55. The van der Waals surface area contributed by atoms with Crippen LogP contribution >= 0.6 is 11.3 Å². The summed E-state index contributed by atoms with van der Waals surface area (Å²) in [5.41, 5.74) is 2.89. The molecule has 3 N–H and O–H groups in total. The number of thiophene rings is 1. The lowest BCUT2D eigenvalue weighted by Crippen LogP contribution is -2.23. The van der Waals surface area contributed by atoms with E-state index < -0.39 is 0 Å². The van der Waals surface area contributed by atoms with E-state index in [0.717, 1.165) is 21.7 Å². The molecule has 0 aliphatic rings. The maximum Gasteiger partial charge on any atom is 0.272 e. The Morgan fingerprint density at radius 3 is 2.77 bits per heavy atom. The van der Waals surface area contributed by atoms with Gasteiger partial charge in [0.05, 0.1) is 17.2 Å². The van der Waals surface area contributed by atoms with E-state index in [0.29, 0.717) is 12.2 Å². The average Bonchev–Trinajstić information content (AvgIpc) is 3.23. The molecule has 112 valence electrons. The summed E-state index contributed by atoms with van der Waals surface area (Å²) >= 11 is 1.59. The summed E-state index contributed by atoms with van der Waals surface area (Å²) in [6.45, 7) is 0.313. The lowest BCUT2D eigenvalue weighted by molar-refractivity contribution is 0.0945. The van der Waals surface area contributed by atoms with Crippen LogP contribution in [0, 0.1) is 0 Å². The van der Waals surface area contributed by atoms with E-state index in [1.807, 2.05) is 41.8 Å². The molecular formula is C16H15N3O2S. The molecule has 2 aromatic heterocycles. The minimum atomic E-state index is -0.244. The van der Waals surface area contributed by atoms with Crippen LogP contribution in [0.2, 0.25) is 0 Å². The van der Waals surface area contributed by atoms with Gasteiger partial charge >= 0.3 is 0 Å². The molecule has 3 aromatic rings. The van der Waals surface area contributed by atoms with Crippen molar-refractivity contribution < 1.29 is 9.90 Å². The quantitative estimate of drug-likeness (QED) is 0.677. The predicted octanol–water partition coefficient (Wildman–Crippen LogP) is 2.56. The van der Waals surface area contributed by atoms with Gasteiger partial charge in [0.25, 0.3) is 5.91 Å². The highest BCUT2D eigenvalue weighted by molar-refractivity contribution is 7.13. The predicted molar refractivity (Wildman–Crippen MR) is 85.4 cm³/mol. The lowest BCUT2D eigenvalue weighted by Gasteiger charge is -2.07. The Labute approximate surface area is 131 Å². The van der Waals surface area contributed by atoms with Crippen LogP contribution in [-0.2, 0) is 13.2 Å². The number of carbonyl (C=O) groups excluding carboxylic acids is 1. The first-order valence-corrected chi connectivity index (χ1v) is 7.71. The van der Waals surface area contributed by atoms with Crippen molar-refractivity contribution >= 4 is 17.2 Å². The van der Waals surface area contributed by atoms with E-state index in [1.165, 1.54) is 0 Å². The molecule has 1 amide bonds. The Bertz CT molecular complexity index is 765. The molecule has 0 unspecified atom stereocenters. The van der Waals surface area contributed by atoms with Crippen molar-refractivity contribution in [1.82, 2.24) is 15.5 Å². The van der Waals surface area contributed by atoms with Crippen LogP contribution in [0.15, 0.2) is 47.8 Å². The van der Waals surface area contributed by atoms with Gasteiger partial charge in [-0.15, -0.1) is 11.3 Å². The largest absolute Gasteiger partial charge is 0.392 e. The van der Waals surface area contributed by atoms with Crippen molar-refractivity contribution in [3.63, 3.8) is 0 Å². The van der Waals surface area contributed by atoms with E-state index in [4.69, 9.17) is 0 Å². The molecule has 6 heteroatoms. The van der Waals surface area contributed by atoms with Crippen molar-refractivity contribution in [2.75, 3.05) is 0 Å². The summed E-state index contributed by atoms with van der Waals surface area (Å²) in [5.74, 6) is -0.244. The topological polar surface area (TPSA) is 78.0 Å². The summed E-state index contributed by atoms with van der Waals surface area (Å²) in [5, 5.41) is 21.0. The van der Waals surface area contributed by atoms with Gasteiger partial charge in [0.15, 0.2) is 5.69 Å². The molecule has 3 rings (SSSR count). The van der Waals surface area contributed by atoms with Gasteiger partial charge in [-0.05, 0) is 28.6 Å². The summed E-state index contributed by atoms with van der Waals surface area (Å²) in [6.07, 6.45) is 0. The summed E-state index contributed by atoms with van der Waals surface area (Å²) in [4.78, 5) is 13.2. The van der Waals surface area contributed by atoms with Crippen molar-refractivity contribution in [2.24, 2.45) is 0 Å². The number of nitrogens with one attached hydrogen (secondary N) is 2. The number of aromatic nitrogens is 2. The standard InChI is InChI=1S/C16H15N3O2S/c20-10-12-5-2-1-4-11(12)9-17-16(21)14-8-13(18-19-14)15-6-3-7-22-15/h1-8,20H,9-10H2,(H,17,21)(H,18,19). The molecule has 5 nitrogen and oxygen atoms in total. The number of aromatic amines is 1. The molecule has 2 heterocycles. The molecule has 0 spiro atoms. The second-order valence-corrected chi connectivity index (χ2v) is 5.70. The first-order chi connectivity index (χ1) is 10.8. The number of benzene rings is 1. The third-order valence-corrected chi connectivity index (χ3v) is 4.23. The van der Waals surface area contributed by atoms with E-state index in [9.17, 15) is 9.90 Å². The summed E-state index contributed by atoms with van der Waals surface area (Å²) in [6, 6.07) is 13.1. The van der Waals surface area contributed by atoms with Crippen LogP contribution in [0.1, 0.15) is 21.6 Å². The first kappa shape index (κ1) is 14.5. The zero-order chi connectivity index (χ0) is 15.4. The number of amides is 1. The normalized spacial score (nSPS) is 10.6. The number of rotatable bonds is 5. The van der Waals surface area contributed by atoms with Gasteiger partial charge in [-0.25, -0.2) is 0 Å². The molecule has 0 aliphatic carbocycles. The third kappa shape index (κ3) is 3.08. The number of carbonyl (C=O) groups is 1. The monoisotopic (exact) mass is 313 g/mol. The molecule has 0 bridgehead atoms. The van der Waals surface area contributed by atoms with Crippen molar-refractivity contribution in [3.05, 3.63) is 64.7 Å². The van der Waals surface area contributed by atoms with Gasteiger partial charge in [0.2, 0.25) is 0 Å². The number of hydrogen-bond acceptors (Lipinski definition) is 4. The zero-order valence-electron chi connectivity index (χ0n) is 11.7. The van der Waals surface area contributed by atoms with E-state index >= 15 is 0 Å². The smallest absolute Gasteiger partial charge is 0.272 e. The Kier molecular flexibility index (Phi) is 4.32. The first-order valence-electron chi connectivity index (χ1n) is 6.83. The van der Waals surface area contributed by atoms with Crippen LogP contribution in [0.3, 0.4) is 0 Å². The lowest BCUT2D eigenvalue weighted by atomic mass is 10.1. The summed E-state index contributed by atoms with van der Waals surface area (Å²) < 4.78 is 0. The van der Waals surface area contributed by atoms with Gasteiger partial charge in [0.1, 0.15) is 0 Å². The molecule has 0 aliphatic heterocycles. The molecule has 0 saturated carbocycles. The highest BCUT2D eigenvalue weighted by atomic mass is 32.1. The van der Waals surface area contributed by atoms with Crippen LogP contribution in [0.25, 0.3) is 10.6 Å². The van der Waals surface area contributed by atoms with Gasteiger partial charge in [0, 0.05) is 6.54 Å². The third-order valence-electron chi connectivity index (χ3n) is 3.33. The number of H-pyrrole nitrogens is 1. The van der Waals surface area contributed by atoms with Gasteiger partial charge in [-0.3, -0.25) is 9.89 Å². The highest BCUT2D eigenvalue weighted by Gasteiger charge is 2.12. The van der Waals surface area contributed by atoms with Gasteiger partial charge in [-0.2, -0.15) is 5.10 Å². The van der Waals surface area contributed by atoms with Gasteiger partial charge < -0.3 is 10.4 Å². The van der Waals surface area contributed by atoms with Crippen LogP contribution in [-0.4, -0.2) is 21.2 Å².